The molecule has 0 aliphatic heterocycles. The Balaban J connectivity index is 1.94. The fourth-order valence-corrected chi connectivity index (χ4v) is 2.57. The fourth-order valence-electron chi connectivity index (χ4n) is 1.86. The van der Waals surface area contributed by atoms with Gasteiger partial charge in [-0.3, -0.25) is 4.79 Å². The molecule has 0 bridgehead atoms. The van der Waals surface area contributed by atoms with Gasteiger partial charge in [0.2, 0.25) is 5.91 Å². The zero-order valence-corrected chi connectivity index (χ0v) is 13.1. The number of amides is 1. The normalized spacial score (nSPS) is 10.2. The van der Waals surface area contributed by atoms with Gasteiger partial charge in [-0.25, -0.2) is 4.98 Å². The van der Waals surface area contributed by atoms with E-state index in [1.54, 1.807) is 14.2 Å². The van der Waals surface area contributed by atoms with Gasteiger partial charge in [0, 0.05) is 17.9 Å². The minimum Gasteiger partial charge on any atom is -0.497 e. The van der Waals surface area contributed by atoms with Gasteiger partial charge in [0.15, 0.2) is 5.13 Å². The molecule has 0 radical (unpaired) electrons. The number of hydrogen-bond donors (Lipinski definition) is 1. The number of carbonyl (C=O) groups is 1. The number of rotatable bonds is 6. The van der Waals surface area contributed by atoms with Crippen LogP contribution in [-0.4, -0.2) is 25.1 Å². The third-order valence-electron chi connectivity index (χ3n) is 2.92. The van der Waals surface area contributed by atoms with E-state index in [0.29, 0.717) is 18.0 Å². The first-order chi connectivity index (χ1) is 10.1. The minimum atomic E-state index is -0.0499. The monoisotopic (exact) mass is 306 g/mol. The van der Waals surface area contributed by atoms with Crippen LogP contribution in [0.2, 0.25) is 0 Å². The van der Waals surface area contributed by atoms with Crippen LogP contribution in [0.3, 0.4) is 0 Å². The molecule has 0 saturated heterocycles. The zero-order chi connectivity index (χ0) is 15.2. The standard InChI is InChI=1S/C15H18N2O3S/c1-10-9-21-15(16-10)17-14(18)5-4-11-6-12(19-2)8-13(7-11)20-3/h6-9H,4-5H2,1-3H3,(H,16,17,18). The number of methoxy groups -OCH3 is 2. The topological polar surface area (TPSA) is 60.5 Å². The summed E-state index contributed by atoms with van der Waals surface area (Å²) in [4.78, 5) is 16.1. The first-order valence-corrected chi connectivity index (χ1v) is 7.42. The maximum absolute atomic E-state index is 11.9. The second-order valence-electron chi connectivity index (χ2n) is 4.56. The van der Waals surface area contributed by atoms with Gasteiger partial charge in [-0.15, -0.1) is 11.3 Å². The number of nitrogens with one attached hydrogen (secondary N) is 1. The fraction of sp³-hybridized carbons (Fsp3) is 0.333. The molecule has 2 aromatic rings. The van der Waals surface area contributed by atoms with Crippen molar-refractivity contribution in [3.8, 4) is 11.5 Å². The molecule has 0 saturated carbocycles. The molecule has 112 valence electrons. The lowest BCUT2D eigenvalue weighted by Gasteiger charge is -2.08. The average Bonchev–Trinajstić information content (AvgIpc) is 2.89. The van der Waals surface area contributed by atoms with Crippen LogP contribution in [0.25, 0.3) is 0 Å². The van der Waals surface area contributed by atoms with Crippen molar-refractivity contribution in [1.29, 1.82) is 0 Å². The third kappa shape index (κ3) is 4.46. The Bertz CT molecular complexity index is 603. The van der Waals surface area contributed by atoms with E-state index < -0.39 is 0 Å². The largest absolute Gasteiger partial charge is 0.497 e. The summed E-state index contributed by atoms with van der Waals surface area (Å²) in [6.07, 6.45) is 0.999. The molecular formula is C15H18N2O3S. The molecule has 1 N–H and O–H groups in total. The van der Waals surface area contributed by atoms with E-state index >= 15 is 0 Å². The number of anilines is 1. The molecule has 0 unspecified atom stereocenters. The van der Waals surface area contributed by atoms with Crippen LogP contribution in [0.1, 0.15) is 17.7 Å². The Hall–Kier alpha value is -2.08. The van der Waals surface area contributed by atoms with Crippen LogP contribution in [0.5, 0.6) is 11.5 Å². The van der Waals surface area contributed by atoms with E-state index in [-0.39, 0.29) is 5.91 Å². The number of benzene rings is 1. The smallest absolute Gasteiger partial charge is 0.226 e. The van der Waals surface area contributed by atoms with Crippen molar-refractivity contribution in [3.05, 3.63) is 34.8 Å². The summed E-state index contributed by atoms with van der Waals surface area (Å²) < 4.78 is 10.4. The Labute approximate surface area is 127 Å². The average molecular weight is 306 g/mol. The number of thiazole rings is 1. The molecule has 0 aliphatic rings. The van der Waals surface area contributed by atoms with E-state index in [1.165, 1.54) is 11.3 Å². The number of carbonyl (C=O) groups excluding carboxylic acids is 1. The van der Waals surface area contributed by atoms with Crippen molar-refractivity contribution in [2.45, 2.75) is 19.8 Å². The second kappa shape index (κ2) is 7.08. The van der Waals surface area contributed by atoms with Gasteiger partial charge in [-0.05, 0) is 31.0 Å². The van der Waals surface area contributed by atoms with E-state index in [0.717, 1.165) is 22.8 Å². The first-order valence-electron chi connectivity index (χ1n) is 6.54. The van der Waals surface area contributed by atoms with Crippen molar-refractivity contribution in [1.82, 2.24) is 4.98 Å². The highest BCUT2D eigenvalue weighted by molar-refractivity contribution is 7.13. The molecule has 0 spiro atoms. The van der Waals surface area contributed by atoms with Gasteiger partial charge in [0.25, 0.3) is 0 Å². The van der Waals surface area contributed by atoms with Gasteiger partial charge < -0.3 is 14.8 Å². The number of aryl methyl sites for hydroxylation is 2. The maximum atomic E-state index is 11.9. The van der Waals surface area contributed by atoms with Gasteiger partial charge in [-0.1, -0.05) is 0 Å². The molecule has 5 nitrogen and oxygen atoms in total. The SMILES string of the molecule is COc1cc(CCC(=O)Nc2nc(C)cs2)cc(OC)c1. The number of aromatic nitrogens is 1. The summed E-state index contributed by atoms with van der Waals surface area (Å²) in [6, 6.07) is 5.62. The Kier molecular flexibility index (Phi) is 5.16. The highest BCUT2D eigenvalue weighted by Crippen LogP contribution is 2.23. The van der Waals surface area contributed by atoms with E-state index in [2.05, 4.69) is 10.3 Å². The molecule has 1 heterocycles. The summed E-state index contributed by atoms with van der Waals surface area (Å²) in [7, 11) is 3.21. The summed E-state index contributed by atoms with van der Waals surface area (Å²) in [5.41, 5.74) is 1.91. The van der Waals surface area contributed by atoms with Crippen molar-refractivity contribution >= 4 is 22.4 Å². The predicted molar refractivity (Wildman–Crippen MR) is 83.3 cm³/mol. The molecule has 21 heavy (non-hydrogen) atoms. The molecule has 0 fully saturated rings. The summed E-state index contributed by atoms with van der Waals surface area (Å²) in [5.74, 6) is 1.40. The maximum Gasteiger partial charge on any atom is 0.226 e. The van der Waals surface area contributed by atoms with Crippen molar-refractivity contribution in [2.24, 2.45) is 0 Å². The molecule has 6 heteroatoms. The second-order valence-corrected chi connectivity index (χ2v) is 5.42. The Morgan fingerprint density at radius 1 is 1.24 bits per heavy atom. The van der Waals surface area contributed by atoms with Crippen molar-refractivity contribution in [3.63, 3.8) is 0 Å². The molecule has 1 aromatic heterocycles. The van der Waals surface area contributed by atoms with Gasteiger partial charge >= 0.3 is 0 Å². The molecule has 0 aliphatic carbocycles. The minimum absolute atomic E-state index is 0.0499. The van der Waals surface area contributed by atoms with Gasteiger partial charge in [0.1, 0.15) is 11.5 Å². The lowest BCUT2D eigenvalue weighted by atomic mass is 10.1. The molecule has 2 rings (SSSR count). The molecule has 0 atom stereocenters. The summed E-state index contributed by atoms with van der Waals surface area (Å²) >= 11 is 1.43. The zero-order valence-electron chi connectivity index (χ0n) is 12.3. The lowest BCUT2D eigenvalue weighted by molar-refractivity contribution is -0.116. The van der Waals surface area contributed by atoms with Crippen LogP contribution in [-0.2, 0) is 11.2 Å². The molecular weight excluding hydrogens is 288 g/mol. The number of ether oxygens (including phenoxy) is 2. The van der Waals surface area contributed by atoms with E-state index in [1.807, 2.05) is 30.5 Å². The Morgan fingerprint density at radius 3 is 2.43 bits per heavy atom. The summed E-state index contributed by atoms with van der Waals surface area (Å²) in [5, 5.41) is 5.34. The molecule has 1 aromatic carbocycles. The van der Waals surface area contributed by atoms with Crippen molar-refractivity contribution < 1.29 is 14.3 Å². The summed E-state index contributed by atoms with van der Waals surface area (Å²) in [6.45, 7) is 1.90. The van der Waals surface area contributed by atoms with Gasteiger partial charge in [0.05, 0.1) is 19.9 Å². The quantitative estimate of drug-likeness (QED) is 0.891. The lowest BCUT2D eigenvalue weighted by Crippen LogP contribution is -2.12. The predicted octanol–water partition coefficient (Wildman–Crippen LogP) is 3.04. The van der Waals surface area contributed by atoms with Crippen LogP contribution in [0.4, 0.5) is 5.13 Å². The van der Waals surface area contributed by atoms with Crippen LogP contribution < -0.4 is 14.8 Å². The van der Waals surface area contributed by atoms with Crippen LogP contribution >= 0.6 is 11.3 Å². The third-order valence-corrected chi connectivity index (χ3v) is 3.79. The number of nitrogens with zero attached hydrogens (tertiary/aromatic N) is 1. The van der Waals surface area contributed by atoms with Crippen molar-refractivity contribution in [2.75, 3.05) is 19.5 Å². The van der Waals surface area contributed by atoms with Gasteiger partial charge in [-0.2, -0.15) is 0 Å². The Morgan fingerprint density at radius 2 is 1.90 bits per heavy atom. The highest BCUT2D eigenvalue weighted by atomic mass is 32.1. The first kappa shape index (κ1) is 15.3. The highest BCUT2D eigenvalue weighted by Gasteiger charge is 2.08. The number of hydrogen-bond acceptors (Lipinski definition) is 5. The molecule has 1 amide bonds. The van der Waals surface area contributed by atoms with E-state index in [4.69, 9.17) is 9.47 Å². The van der Waals surface area contributed by atoms with E-state index in [9.17, 15) is 4.79 Å². The van der Waals surface area contributed by atoms with Crippen LogP contribution in [0.15, 0.2) is 23.6 Å². The van der Waals surface area contributed by atoms with Crippen LogP contribution in [0, 0.1) is 6.92 Å².